The minimum absolute atomic E-state index is 0.349. The maximum Gasteiger partial charge on any atom is 0.0453 e. The van der Waals surface area contributed by atoms with Gasteiger partial charge in [0.25, 0.3) is 0 Å². The SMILES string of the molecule is CCCNCCCC(C)N(C)C(C)c1ccccc1Cl. The molecule has 0 spiro atoms. The van der Waals surface area contributed by atoms with Crippen LogP contribution in [0, 0.1) is 0 Å². The van der Waals surface area contributed by atoms with Crippen molar-refractivity contribution in [1.82, 2.24) is 10.2 Å². The van der Waals surface area contributed by atoms with Gasteiger partial charge in [0.1, 0.15) is 0 Å². The summed E-state index contributed by atoms with van der Waals surface area (Å²) in [4.78, 5) is 2.42. The molecule has 0 aromatic heterocycles. The zero-order valence-electron chi connectivity index (χ0n) is 13.3. The summed E-state index contributed by atoms with van der Waals surface area (Å²) in [5.74, 6) is 0. The summed E-state index contributed by atoms with van der Waals surface area (Å²) in [6.45, 7) is 8.97. The number of nitrogens with one attached hydrogen (secondary N) is 1. The van der Waals surface area contributed by atoms with Crippen molar-refractivity contribution in [2.45, 2.75) is 52.1 Å². The standard InChI is InChI=1S/C17H29ClN2/c1-5-12-19-13-8-9-14(2)20(4)15(3)16-10-6-7-11-17(16)18/h6-7,10-11,14-15,19H,5,8-9,12-13H2,1-4H3. The zero-order chi connectivity index (χ0) is 15.0. The molecule has 1 aromatic carbocycles. The van der Waals surface area contributed by atoms with E-state index in [0.29, 0.717) is 12.1 Å². The van der Waals surface area contributed by atoms with Gasteiger partial charge in [-0.05, 0) is 64.9 Å². The van der Waals surface area contributed by atoms with Crippen molar-refractivity contribution in [2.24, 2.45) is 0 Å². The average molecular weight is 297 g/mol. The van der Waals surface area contributed by atoms with E-state index in [4.69, 9.17) is 11.6 Å². The van der Waals surface area contributed by atoms with E-state index in [1.807, 2.05) is 12.1 Å². The van der Waals surface area contributed by atoms with Gasteiger partial charge < -0.3 is 5.32 Å². The first-order valence-electron chi connectivity index (χ1n) is 7.75. The molecule has 1 rings (SSSR count). The Bertz CT molecular complexity index is 381. The molecule has 0 aliphatic rings. The Hall–Kier alpha value is -0.570. The van der Waals surface area contributed by atoms with Crippen molar-refractivity contribution in [3.63, 3.8) is 0 Å². The topological polar surface area (TPSA) is 15.3 Å². The Kier molecular flexibility index (Phi) is 8.20. The molecule has 0 aliphatic carbocycles. The Labute approximate surface area is 129 Å². The third-order valence-electron chi connectivity index (χ3n) is 4.06. The highest BCUT2D eigenvalue weighted by atomic mass is 35.5. The molecule has 2 atom stereocenters. The molecule has 0 heterocycles. The smallest absolute Gasteiger partial charge is 0.0453 e. The van der Waals surface area contributed by atoms with E-state index in [1.54, 1.807) is 0 Å². The molecular weight excluding hydrogens is 268 g/mol. The monoisotopic (exact) mass is 296 g/mol. The Morgan fingerprint density at radius 3 is 2.55 bits per heavy atom. The quantitative estimate of drug-likeness (QED) is 0.675. The first-order valence-corrected chi connectivity index (χ1v) is 8.12. The van der Waals surface area contributed by atoms with Crippen LogP contribution in [0.5, 0.6) is 0 Å². The highest BCUT2D eigenvalue weighted by molar-refractivity contribution is 6.31. The van der Waals surface area contributed by atoms with Gasteiger partial charge in [-0.25, -0.2) is 0 Å². The van der Waals surface area contributed by atoms with Crippen molar-refractivity contribution in [3.05, 3.63) is 34.9 Å². The lowest BCUT2D eigenvalue weighted by Crippen LogP contribution is -2.32. The molecule has 1 aromatic rings. The number of rotatable bonds is 9. The van der Waals surface area contributed by atoms with Crippen LogP contribution in [0.1, 0.15) is 51.6 Å². The van der Waals surface area contributed by atoms with Crippen LogP contribution >= 0.6 is 11.6 Å². The van der Waals surface area contributed by atoms with Crippen molar-refractivity contribution >= 4 is 11.6 Å². The van der Waals surface area contributed by atoms with E-state index >= 15 is 0 Å². The molecule has 3 heteroatoms. The summed E-state index contributed by atoms with van der Waals surface area (Å²) >= 11 is 6.29. The lowest BCUT2D eigenvalue weighted by Gasteiger charge is -2.31. The number of halogens is 1. The third kappa shape index (κ3) is 5.43. The molecule has 1 N–H and O–H groups in total. The van der Waals surface area contributed by atoms with Gasteiger partial charge in [-0.1, -0.05) is 36.7 Å². The van der Waals surface area contributed by atoms with E-state index < -0.39 is 0 Å². The fourth-order valence-corrected chi connectivity index (χ4v) is 2.74. The fraction of sp³-hybridized carbons (Fsp3) is 0.647. The fourth-order valence-electron chi connectivity index (χ4n) is 2.44. The second kappa shape index (κ2) is 9.38. The highest BCUT2D eigenvalue weighted by Gasteiger charge is 2.18. The van der Waals surface area contributed by atoms with Crippen LogP contribution in [0.4, 0.5) is 0 Å². The van der Waals surface area contributed by atoms with Gasteiger partial charge in [-0.2, -0.15) is 0 Å². The van der Waals surface area contributed by atoms with Crippen LogP contribution in [-0.4, -0.2) is 31.1 Å². The van der Waals surface area contributed by atoms with E-state index in [-0.39, 0.29) is 0 Å². The van der Waals surface area contributed by atoms with Gasteiger partial charge >= 0.3 is 0 Å². The van der Waals surface area contributed by atoms with Crippen LogP contribution in [0.2, 0.25) is 5.02 Å². The van der Waals surface area contributed by atoms with Crippen molar-refractivity contribution < 1.29 is 0 Å². The molecule has 0 radical (unpaired) electrons. The van der Waals surface area contributed by atoms with Crippen molar-refractivity contribution in [2.75, 3.05) is 20.1 Å². The van der Waals surface area contributed by atoms with Gasteiger partial charge in [0, 0.05) is 17.1 Å². The molecule has 2 nitrogen and oxygen atoms in total. The maximum atomic E-state index is 6.29. The van der Waals surface area contributed by atoms with Crippen LogP contribution in [0.15, 0.2) is 24.3 Å². The molecule has 0 saturated carbocycles. The van der Waals surface area contributed by atoms with Crippen molar-refractivity contribution in [3.8, 4) is 0 Å². The second-order valence-electron chi connectivity index (χ2n) is 5.60. The van der Waals surface area contributed by atoms with E-state index in [0.717, 1.165) is 18.1 Å². The van der Waals surface area contributed by atoms with Gasteiger partial charge in [0.2, 0.25) is 0 Å². The van der Waals surface area contributed by atoms with Gasteiger partial charge in [0.05, 0.1) is 0 Å². The Morgan fingerprint density at radius 1 is 1.20 bits per heavy atom. The van der Waals surface area contributed by atoms with Gasteiger partial charge in [0.15, 0.2) is 0 Å². The van der Waals surface area contributed by atoms with E-state index in [9.17, 15) is 0 Å². The van der Waals surface area contributed by atoms with E-state index in [2.05, 4.69) is 50.2 Å². The first kappa shape index (κ1) is 17.5. The molecule has 0 saturated heterocycles. The largest absolute Gasteiger partial charge is 0.317 e. The summed E-state index contributed by atoms with van der Waals surface area (Å²) in [5, 5.41) is 4.32. The van der Waals surface area contributed by atoms with Crippen LogP contribution in [0.3, 0.4) is 0 Å². The minimum atomic E-state index is 0.349. The molecule has 0 fully saturated rings. The lowest BCUT2D eigenvalue weighted by molar-refractivity contribution is 0.186. The second-order valence-corrected chi connectivity index (χ2v) is 6.01. The predicted octanol–water partition coefficient (Wildman–Crippen LogP) is 4.50. The highest BCUT2D eigenvalue weighted by Crippen LogP contribution is 2.28. The van der Waals surface area contributed by atoms with E-state index in [1.165, 1.54) is 24.8 Å². The number of hydrogen-bond acceptors (Lipinski definition) is 2. The number of hydrogen-bond donors (Lipinski definition) is 1. The minimum Gasteiger partial charge on any atom is -0.317 e. The molecule has 0 bridgehead atoms. The Balaban J connectivity index is 2.43. The van der Waals surface area contributed by atoms with Crippen LogP contribution in [-0.2, 0) is 0 Å². The molecule has 0 aliphatic heterocycles. The zero-order valence-corrected chi connectivity index (χ0v) is 14.1. The molecule has 20 heavy (non-hydrogen) atoms. The summed E-state index contributed by atoms with van der Waals surface area (Å²) in [6.07, 6.45) is 3.64. The maximum absolute atomic E-state index is 6.29. The summed E-state index contributed by atoms with van der Waals surface area (Å²) in [5.41, 5.74) is 1.22. The molecule has 2 unspecified atom stereocenters. The lowest BCUT2D eigenvalue weighted by atomic mass is 10.0. The molecule has 0 amide bonds. The Morgan fingerprint density at radius 2 is 1.90 bits per heavy atom. The summed E-state index contributed by atoms with van der Waals surface area (Å²) in [7, 11) is 2.19. The van der Waals surface area contributed by atoms with Crippen LogP contribution < -0.4 is 5.32 Å². The van der Waals surface area contributed by atoms with Gasteiger partial charge in [-0.3, -0.25) is 4.90 Å². The molecule has 114 valence electrons. The molecular formula is C17H29ClN2. The number of benzene rings is 1. The van der Waals surface area contributed by atoms with Gasteiger partial charge in [-0.15, -0.1) is 0 Å². The summed E-state index contributed by atoms with van der Waals surface area (Å²) in [6, 6.07) is 9.05. The average Bonchev–Trinajstić information content (AvgIpc) is 2.46. The summed E-state index contributed by atoms with van der Waals surface area (Å²) < 4.78 is 0. The van der Waals surface area contributed by atoms with Crippen LogP contribution in [0.25, 0.3) is 0 Å². The first-order chi connectivity index (χ1) is 9.57. The third-order valence-corrected chi connectivity index (χ3v) is 4.41. The number of nitrogens with zero attached hydrogens (tertiary/aromatic N) is 1. The van der Waals surface area contributed by atoms with Crippen molar-refractivity contribution in [1.29, 1.82) is 0 Å². The normalized spacial score (nSPS) is 14.5. The predicted molar refractivity (Wildman–Crippen MR) is 89.5 cm³/mol.